The van der Waals surface area contributed by atoms with E-state index in [1.807, 2.05) is 17.0 Å². The van der Waals surface area contributed by atoms with E-state index in [2.05, 4.69) is 5.10 Å². The second-order valence-electron chi connectivity index (χ2n) is 6.77. The van der Waals surface area contributed by atoms with Crippen LogP contribution in [0.3, 0.4) is 0 Å². The van der Waals surface area contributed by atoms with Gasteiger partial charge in [-0.1, -0.05) is 18.0 Å². The van der Waals surface area contributed by atoms with Crippen molar-refractivity contribution in [2.75, 3.05) is 13.1 Å². The molecule has 1 N–H and O–H groups in total. The Labute approximate surface area is 145 Å². The molecular formula is C18H20ClN3O2. The summed E-state index contributed by atoms with van der Waals surface area (Å²) in [5, 5.41) is 15.4. The number of rotatable bonds is 2. The molecule has 126 valence electrons. The van der Waals surface area contributed by atoms with Gasteiger partial charge in [0.25, 0.3) is 5.91 Å². The predicted octanol–water partition coefficient (Wildman–Crippen LogP) is 2.76. The summed E-state index contributed by atoms with van der Waals surface area (Å²) in [5.41, 5.74) is 1.31. The topological polar surface area (TPSA) is 58.4 Å². The van der Waals surface area contributed by atoms with E-state index in [4.69, 9.17) is 11.6 Å². The van der Waals surface area contributed by atoms with Gasteiger partial charge in [0.2, 0.25) is 0 Å². The summed E-state index contributed by atoms with van der Waals surface area (Å²) in [6.45, 7) is 1.26. The average molecular weight is 346 g/mol. The number of aliphatic hydroxyl groups excluding tert-OH is 1. The zero-order valence-electron chi connectivity index (χ0n) is 13.3. The summed E-state index contributed by atoms with van der Waals surface area (Å²) in [6, 6.07) is 9.08. The molecule has 2 unspecified atom stereocenters. The van der Waals surface area contributed by atoms with Crippen LogP contribution < -0.4 is 0 Å². The van der Waals surface area contributed by atoms with E-state index in [0.29, 0.717) is 23.8 Å². The predicted molar refractivity (Wildman–Crippen MR) is 91.3 cm³/mol. The minimum atomic E-state index is -0.255. The molecule has 6 heteroatoms. The number of piperidine rings is 1. The van der Waals surface area contributed by atoms with Gasteiger partial charge < -0.3 is 10.0 Å². The molecule has 2 aromatic rings. The van der Waals surface area contributed by atoms with E-state index in [9.17, 15) is 9.90 Å². The van der Waals surface area contributed by atoms with Crippen molar-refractivity contribution < 1.29 is 9.90 Å². The molecule has 2 aliphatic rings. The molecule has 1 aliphatic heterocycles. The molecule has 2 atom stereocenters. The van der Waals surface area contributed by atoms with Gasteiger partial charge in [-0.15, -0.1) is 0 Å². The van der Waals surface area contributed by atoms with Crippen LogP contribution in [0.4, 0.5) is 0 Å². The highest BCUT2D eigenvalue weighted by atomic mass is 35.5. The van der Waals surface area contributed by atoms with Gasteiger partial charge in [-0.2, -0.15) is 5.10 Å². The minimum absolute atomic E-state index is 0.0495. The van der Waals surface area contributed by atoms with Crippen LogP contribution in [-0.2, 0) is 0 Å². The quantitative estimate of drug-likeness (QED) is 0.910. The van der Waals surface area contributed by atoms with Crippen LogP contribution in [0.25, 0.3) is 5.69 Å². The van der Waals surface area contributed by atoms with Crippen LogP contribution >= 0.6 is 11.6 Å². The minimum Gasteiger partial charge on any atom is -0.392 e. The van der Waals surface area contributed by atoms with Gasteiger partial charge in [0, 0.05) is 36.1 Å². The fourth-order valence-electron chi connectivity index (χ4n) is 3.91. The van der Waals surface area contributed by atoms with Gasteiger partial charge in [-0.25, -0.2) is 4.68 Å². The van der Waals surface area contributed by atoms with Crippen LogP contribution in [-0.4, -0.2) is 44.9 Å². The Balaban J connectivity index is 1.52. The van der Waals surface area contributed by atoms with Gasteiger partial charge in [0.05, 0.1) is 11.8 Å². The van der Waals surface area contributed by atoms with Gasteiger partial charge in [-0.3, -0.25) is 4.79 Å². The molecule has 24 heavy (non-hydrogen) atoms. The lowest BCUT2D eigenvalue weighted by atomic mass is 9.75. The largest absolute Gasteiger partial charge is 0.392 e. The first-order valence-electron chi connectivity index (χ1n) is 8.41. The molecule has 1 saturated heterocycles. The number of benzene rings is 1. The standard InChI is InChI=1S/C18H20ClN3O2/c19-14-4-6-15(7-5-14)22-9-8-16(20-22)18(24)21-10-12-2-1-3-13(11-21)17(12)23/h4-9,12-13,17,23H,1-3,10-11H2. The van der Waals surface area contributed by atoms with E-state index in [1.54, 1.807) is 29.1 Å². The van der Waals surface area contributed by atoms with Crippen molar-refractivity contribution in [3.8, 4) is 5.69 Å². The zero-order chi connectivity index (χ0) is 16.7. The Bertz CT molecular complexity index is 729. The average Bonchev–Trinajstić information content (AvgIpc) is 3.04. The number of aromatic nitrogens is 2. The number of amides is 1. The molecule has 0 radical (unpaired) electrons. The summed E-state index contributed by atoms with van der Waals surface area (Å²) in [4.78, 5) is 14.6. The van der Waals surface area contributed by atoms with Crippen molar-refractivity contribution >= 4 is 17.5 Å². The molecule has 2 fully saturated rings. The van der Waals surface area contributed by atoms with E-state index in [0.717, 1.165) is 24.9 Å². The number of hydrogen-bond acceptors (Lipinski definition) is 3. The van der Waals surface area contributed by atoms with Gasteiger partial charge >= 0.3 is 0 Å². The summed E-state index contributed by atoms with van der Waals surface area (Å²) in [7, 11) is 0. The van der Waals surface area contributed by atoms with Crippen molar-refractivity contribution in [1.29, 1.82) is 0 Å². The van der Waals surface area contributed by atoms with Crippen molar-refractivity contribution in [3.05, 3.63) is 47.2 Å². The number of carbonyl (C=O) groups excluding carboxylic acids is 1. The highest BCUT2D eigenvalue weighted by Gasteiger charge is 2.40. The maximum absolute atomic E-state index is 12.8. The Morgan fingerprint density at radius 1 is 1.12 bits per heavy atom. The Hall–Kier alpha value is -1.85. The second kappa shape index (κ2) is 6.22. The van der Waals surface area contributed by atoms with Crippen molar-refractivity contribution in [3.63, 3.8) is 0 Å². The molecule has 4 rings (SSSR count). The van der Waals surface area contributed by atoms with Gasteiger partial charge in [0.15, 0.2) is 5.69 Å². The lowest BCUT2D eigenvalue weighted by molar-refractivity contribution is -0.0414. The summed E-state index contributed by atoms with van der Waals surface area (Å²) >= 11 is 5.90. The number of aliphatic hydroxyl groups is 1. The molecule has 1 amide bonds. The third-order valence-corrected chi connectivity index (χ3v) is 5.46. The number of halogens is 1. The first-order valence-corrected chi connectivity index (χ1v) is 8.78. The maximum atomic E-state index is 12.8. The normalized spacial score (nSPS) is 26.4. The molecule has 5 nitrogen and oxygen atoms in total. The number of hydrogen-bond donors (Lipinski definition) is 1. The SMILES string of the molecule is O=C(c1ccn(-c2ccc(Cl)cc2)n1)N1CC2CCCC(C1)C2O. The van der Waals surface area contributed by atoms with Crippen molar-refractivity contribution in [2.24, 2.45) is 11.8 Å². The monoisotopic (exact) mass is 345 g/mol. The fraction of sp³-hybridized carbons (Fsp3) is 0.444. The molecule has 1 aliphatic carbocycles. The molecule has 0 spiro atoms. The summed E-state index contributed by atoms with van der Waals surface area (Å²) in [5.74, 6) is 0.367. The summed E-state index contributed by atoms with van der Waals surface area (Å²) in [6.07, 6.45) is 4.69. The smallest absolute Gasteiger partial charge is 0.274 e. The van der Waals surface area contributed by atoms with Crippen molar-refractivity contribution in [2.45, 2.75) is 25.4 Å². The van der Waals surface area contributed by atoms with Gasteiger partial charge in [-0.05, 0) is 43.2 Å². The molecule has 2 bridgehead atoms. The van der Waals surface area contributed by atoms with Crippen LogP contribution in [0.2, 0.25) is 5.02 Å². The van der Waals surface area contributed by atoms with Crippen LogP contribution in [0.5, 0.6) is 0 Å². The van der Waals surface area contributed by atoms with E-state index in [1.165, 1.54) is 0 Å². The fourth-order valence-corrected chi connectivity index (χ4v) is 4.04. The third-order valence-electron chi connectivity index (χ3n) is 5.21. The first-order chi connectivity index (χ1) is 11.6. The number of carbonyl (C=O) groups is 1. The molecule has 1 saturated carbocycles. The van der Waals surface area contributed by atoms with E-state index in [-0.39, 0.29) is 23.8 Å². The number of likely N-dealkylation sites (tertiary alicyclic amines) is 1. The van der Waals surface area contributed by atoms with Gasteiger partial charge in [0.1, 0.15) is 0 Å². The third kappa shape index (κ3) is 2.82. The highest BCUT2D eigenvalue weighted by Crippen LogP contribution is 2.35. The Morgan fingerprint density at radius 3 is 2.46 bits per heavy atom. The van der Waals surface area contributed by atoms with E-state index < -0.39 is 0 Å². The maximum Gasteiger partial charge on any atom is 0.274 e. The number of fused-ring (bicyclic) bond motifs is 2. The zero-order valence-corrected chi connectivity index (χ0v) is 14.1. The van der Waals surface area contributed by atoms with Crippen molar-refractivity contribution in [1.82, 2.24) is 14.7 Å². The van der Waals surface area contributed by atoms with E-state index >= 15 is 0 Å². The number of nitrogens with zero attached hydrogens (tertiary/aromatic N) is 3. The lowest BCUT2D eigenvalue weighted by Gasteiger charge is -2.44. The molecule has 1 aromatic carbocycles. The van der Waals surface area contributed by atoms with Crippen LogP contribution in [0, 0.1) is 11.8 Å². The van der Waals surface area contributed by atoms with Crippen LogP contribution in [0.1, 0.15) is 29.8 Å². The highest BCUT2D eigenvalue weighted by molar-refractivity contribution is 6.30. The Morgan fingerprint density at radius 2 is 1.79 bits per heavy atom. The summed E-state index contributed by atoms with van der Waals surface area (Å²) < 4.78 is 1.68. The molecular weight excluding hydrogens is 326 g/mol. The lowest BCUT2D eigenvalue weighted by Crippen LogP contribution is -2.53. The Kier molecular flexibility index (Phi) is 4.06. The second-order valence-corrected chi connectivity index (χ2v) is 7.21. The molecule has 1 aromatic heterocycles. The first kappa shape index (κ1) is 15.7. The van der Waals surface area contributed by atoms with Crippen LogP contribution in [0.15, 0.2) is 36.5 Å². The molecule has 2 heterocycles.